The van der Waals surface area contributed by atoms with Crippen molar-refractivity contribution in [2.75, 3.05) is 6.54 Å². The zero-order valence-electron chi connectivity index (χ0n) is 9.99. The number of nitrogens with two attached hydrogens (primary N) is 1. The molecule has 1 aromatic rings. The van der Waals surface area contributed by atoms with E-state index in [0.717, 1.165) is 18.4 Å². The van der Waals surface area contributed by atoms with Gasteiger partial charge in [-0.2, -0.15) is 0 Å². The number of hydrogen-bond donors (Lipinski definition) is 1. The van der Waals surface area contributed by atoms with Crippen LogP contribution in [0.5, 0.6) is 0 Å². The summed E-state index contributed by atoms with van der Waals surface area (Å²) in [6.45, 7) is 0.928. The van der Waals surface area contributed by atoms with Crippen LogP contribution in [0.3, 0.4) is 0 Å². The molecule has 0 aliphatic heterocycles. The molecule has 2 rings (SSSR count). The number of nitrogens with zero attached hydrogens (tertiary/aromatic N) is 1. The monoisotopic (exact) mass is 238 g/mol. The maximum Gasteiger partial charge on any atom is 0.141 e. The van der Waals surface area contributed by atoms with Gasteiger partial charge in [-0.25, -0.2) is 4.39 Å². The van der Waals surface area contributed by atoms with Crippen molar-refractivity contribution in [2.45, 2.75) is 44.3 Å². The summed E-state index contributed by atoms with van der Waals surface area (Å²) in [5.41, 5.74) is 6.38. The molecule has 17 heavy (non-hydrogen) atoms. The molecule has 0 atom stereocenters. The minimum Gasteiger partial charge on any atom is -0.369 e. The first-order valence-corrected chi connectivity index (χ1v) is 6.18. The Labute approximate surface area is 101 Å². The van der Waals surface area contributed by atoms with Crippen LogP contribution in [0, 0.1) is 5.82 Å². The van der Waals surface area contributed by atoms with Gasteiger partial charge in [0.2, 0.25) is 0 Å². The molecule has 0 spiro atoms. The first-order chi connectivity index (χ1) is 8.24. The van der Waals surface area contributed by atoms with E-state index in [1.807, 2.05) is 0 Å². The fourth-order valence-electron chi connectivity index (χ4n) is 2.37. The minimum absolute atomic E-state index is 0.204. The average Bonchev–Trinajstić information content (AvgIpc) is 2.38. The number of halogens is 1. The van der Waals surface area contributed by atoms with Gasteiger partial charge in [0.15, 0.2) is 0 Å². The van der Waals surface area contributed by atoms with Gasteiger partial charge in [-0.1, -0.05) is 19.3 Å². The maximum atomic E-state index is 13.0. The van der Waals surface area contributed by atoms with Crippen molar-refractivity contribution in [2.24, 2.45) is 5.73 Å². The molecule has 1 saturated carbocycles. The smallest absolute Gasteiger partial charge is 0.141 e. The average molecular weight is 238 g/mol. The molecular weight excluding hydrogens is 219 g/mol. The summed E-state index contributed by atoms with van der Waals surface area (Å²) in [5, 5.41) is 0. The summed E-state index contributed by atoms with van der Waals surface area (Å²) in [6.07, 6.45) is 8.43. The summed E-state index contributed by atoms with van der Waals surface area (Å²) >= 11 is 0. The van der Waals surface area contributed by atoms with Crippen LogP contribution in [0.4, 0.5) is 4.39 Å². The molecule has 0 amide bonds. The van der Waals surface area contributed by atoms with E-state index in [0.29, 0.717) is 13.2 Å². The normalized spacial score (nSPS) is 19.2. The van der Waals surface area contributed by atoms with Gasteiger partial charge < -0.3 is 10.5 Å². The Bertz CT molecular complexity index is 364. The highest BCUT2D eigenvalue weighted by molar-refractivity contribution is 5.09. The quantitative estimate of drug-likeness (QED) is 0.876. The highest BCUT2D eigenvalue weighted by atomic mass is 19.1. The van der Waals surface area contributed by atoms with E-state index in [-0.39, 0.29) is 11.4 Å². The van der Waals surface area contributed by atoms with Crippen LogP contribution in [0.25, 0.3) is 0 Å². The Morgan fingerprint density at radius 1 is 1.29 bits per heavy atom. The lowest BCUT2D eigenvalue weighted by molar-refractivity contribution is -0.0735. The van der Waals surface area contributed by atoms with Crippen LogP contribution in [0.15, 0.2) is 18.5 Å². The SMILES string of the molecule is NCC1(OCc2cncc(F)c2)CCCCC1. The Morgan fingerprint density at radius 2 is 2.06 bits per heavy atom. The zero-order chi connectivity index (χ0) is 12.1. The molecule has 2 N–H and O–H groups in total. The van der Waals surface area contributed by atoms with Gasteiger partial charge >= 0.3 is 0 Å². The van der Waals surface area contributed by atoms with Gasteiger partial charge in [0.1, 0.15) is 5.82 Å². The molecule has 1 aliphatic carbocycles. The molecule has 94 valence electrons. The van der Waals surface area contributed by atoms with Crippen LogP contribution in [0.2, 0.25) is 0 Å². The summed E-state index contributed by atoms with van der Waals surface area (Å²) in [7, 11) is 0. The second-order valence-corrected chi connectivity index (χ2v) is 4.75. The van der Waals surface area contributed by atoms with Crippen LogP contribution in [-0.4, -0.2) is 17.1 Å². The first kappa shape index (κ1) is 12.5. The van der Waals surface area contributed by atoms with Crippen LogP contribution in [-0.2, 0) is 11.3 Å². The molecule has 4 heteroatoms. The second kappa shape index (κ2) is 5.56. The third-order valence-corrected chi connectivity index (χ3v) is 3.44. The van der Waals surface area contributed by atoms with E-state index in [9.17, 15) is 4.39 Å². The largest absolute Gasteiger partial charge is 0.369 e. The number of rotatable bonds is 4. The number of hydrogen-bond acceptors (Lipinski definition) is 3. The fourth-order valence-corrected chi connectivity index (χ4v) is 2.37. The number of ether oxygens (including phenoxy) is 1. The van der Waals surface area contributed by atoms with Crippen LogP contribution in [0.1, 0.15) is 37.7 Å². The summed E-state index contributed by atoms with van der Waals surface area (Å²) in [5.74, 6) is -0.323. The lowest BCUT2D eigenvalue weighted by atomic mass is 9.84. The van der Waals surface area contributed by atoms with E-state index in [1.54, 1.807) is 6.20 Å². The molecule has 0 saturated heterocycles. The Hall–Kier alpha value is -1.00. The lowest BCUT2D eigenvalue weighted by Gasteiger charge is -2.36. The number of aromatic nitrogens is 1. The first-order valence-electron chi connectivity index (χ1n) is 6.18. The van der Waals surface area contributed by atoms with Crippen molar-refractivity contribution in [1.82, 2.24) is 4.98 Å². The highest BCUT2D eigenvalue weighted by Gasteiger charge is 2.31. The Morgan fingerprint density at radius 3 is 2.71 bits per heavy atom. The predicted molar refractivity (Wildman–Crippen MR) is 63.9 cm³/mol. The maximum absolute atomic E-state index is 13.0. The standard InChI is InChI=1S/C13H19FN2O/c14-12-6-11(7-16-8-12)9-17-13(10-15)4-2-1-3-5-13/h6-8H,1-5,9-10,15H2. The van der Waals surface area contributed by atoms with Gasteiger partial charge in [-0.15, -0.1) is 0 Å². The Kier molecular flexibility index (Phi) is 4.07. The van der Waals surface area contributed by atoms with Gasteiger partial charge in [0.25, 0.3) is 0 Å². The van der Waals surface area contributed by atoms with Crippen molar-refractivity contribution < 1.29 is 9.13 Å². The molecule has 0 aromatic carbocycles. The van der Waals surface area contributed by atoms with Gasteiger partial charge in [0.05, 0.1) is 18.4 Å². The summed E-state index contributed by atoms with van der Waals surface area (Å²) in [6, 6.07) is 1.46. The third-order valence-electron chi connectivity index (χ3n) is 3.44. The molecular formula is C13H19FN2O. The van der Waals surface area contributed by atoms with Crippen molar-refractivity contribution in [3.63, 3.8) is 0 Å². The minimum atomic E-state index is -0.323. The molecule has 1 fully saturated rings. The highest BCUT2D eigenvalue weighted by Crippen LogP contribution is 2.31. The number of pyridine rings is 1. The van der Waals surface area contributed by atoms with E-state index >= 15 is 0 Å². The lowest BCUT2D eigenvalue weighted by Crippen LogP contribution is -2.42. The van der Waals surface area contributed by atoms with E-state index < -0.39 is 0 Å². The van der Waals surface area contributed by atoms with Crippen molar-refractivity contribution in [3.8, 4) is 0 Å². The molecule has 3 nitrogen and oxygen atoms in total. The van der Waals surface area contributed by atoms with Crippen molar-refractivity contribution >= 4 is 0 Å². The fraction of sp³-hybridized carbons (Fsp3) is 0.615. The summed E-state index contributed by atoms with van der Waals surface area (Å²) in [4.78, 5) is 3.81. The van der Waals surface area contributed by atoms with E-state index in [4.69, 9.17) is 10.5 Å². The van der Waals surface area contributed by atoms with E-state index in [1.165, 1.54) is 31.5 Å². The van der Waals surface area contributed by atoms with Gasteiger partial charge in [-0.05, 0) is 24.5 Å². The zero-order valence-corrected chi connectivity index (χ0v) is 9.99. The topological polar surface area (TPSA) is 48.1 Å². The van der Waals surface area contributed by atoms with Crippen molar-refractivity contribution in [1.29, 1.82) is 0 Å². The van der Waals surface area contributed by atoms with Crippen LogP contribution >= 0.6 is 0 Å². The second-order valence-electron chi connectivity index (χ2n) is 4.75. The molecule has 0 radical (unpaired) electrons. The van der Waals surface area contributed by atoms with Gasteiger partial charge in [-0.3, -0.25) is 4.98 Å². The predicted octanol–water partition coefficient (Wildman–Crippen LogP) is 2.40. The van der Waals surface area contributed by atoms with Crippen molar-refractivity contribution in [3.05, 3.63) is 29.8 Å². The molecule has 0 bridgehead atoms. The molecule has 1 aromatic heterocycles. The molecule has 1 heterocycles. The third kappa shape index (κ3) is 3.23. The Balaban J connectivity index is 1.95. The van der Waals surface area contributed by atoms with E-state index in [2.05, 4.69) is 4.98 Å². The summed E-state index contributed by atoms with van der Waals surface area (Å²) < 4.78 is 18.9. The molecule has 1 aliphatic rings. The van der Waals surface area contributed by atoms with Crippen LogP contribution < -0.4 is 5.73 Å². The molecule has 0 unspecified atom stereocenters. The van der Waals surface area contributed by atoms with Gasteiger partial charge in [0, 0.05) is 12.7 Å².